The molecule has 1 N–H and O–H groups in total. The molecule has 0 saturated heterocycles. The molecule has 0 bridgehead atoms. The lowest BCUT2D eigenvalue weighted by Gasteiger charge is -2.18. The highest BCUT2D eigenvalue weighted by molar-refractivity contribution is 7.15. The first-order valence-electron chi connectivity index (χ1n) is 7.34. The molecule has 2 aromatic rings. The van der Waals surface area contributed by atoms with Crippen LogP contribution in [0, 0.1) is 17.5 Å². The van der Waals surface area contributed by atoms with E-state index in [2.05, 4.69) is 15.5 Å². The Morgan fingerprint density at radius 1 is 1.09 bits per heavy atom. The molecule has 1 heterocycles. The number of nitrogens with one attached hydrogen (secondary N) is 1. The number of anilines is 1. The van der Waals surface area contributed by atoms with Gasteiger partial charge in [-0.05, 0) is 25.0 Å². The minimum Gasteiger partial charge on any atom is -0.296 e. The Labute approximate surface area is 134 Å². The maximum absolute atomic E-state index is 13.6. The summed E-state index contributed by atoms with van der Waals surface area (Å²) < 4.78 is 39.7. The minimum atomic E-state index is -1.67. The third-order valence-electron chi connectivity index (χ3n) is 3.90. The zero-order chi connectivity index (χ0) is 16.4. The summed E-state index contributed by atoms with van der Waals surface area (Å²) in [6.07, 6.45) is 5.59. The maximum atomic E-state index is 13.6. The average Bonchev–Trinajstić information content (AvgIpc) is 3.02. The Morgan fingerprint density at radius 3 is 2.57 bits per heavy atom. The minimum absolute atomic E-state index is 0.222. The van der Waals surface area contributed by atoms with Gasteiger partial charge < -0.3 is 0 Å². The van der Waals surface area contributed by atoms with Gasteiger partial charge in [-0.2, -0.15) is 0 Å². The van der Waals surface area contributed by atoms with Crippen molar-refractivity contribution >= 4 is 22.4 Å². The second-order valence-electron chi connectivity index (χ2n) is 5.46. The van der Waals surface area contributed by atoms with E-state index in [1.807, 2.05) is 0 Å². The zero-order valence-corrected chi connectivity index (χ0v) is 12.9. The van der Waals surface area contributed by atoms with Gasteiger partial charge in [0.1, 0.15) is 5.01 Å². The van der Waals surface area contributed by atoms with Crippen LogP contribution in [-0.2, 0) is 0 Å². The summed E-state index contributed by atoms with van der Waals surface area (Å²) in [4.78, 5) is 12.0. The third kappa shape index (κ3) is 3.36. The highest BCUT2D eigenvalue weighted by atomic mass is 32.1. The van der Waals surface area contributed by atoms with Crippen LogP contribution in [0.15, 0.2) is 12.1 Å². The van der Waals surface area contributed by atoms with Crippen LogP contribution in [0.1, 0.15) is 53.4 Å². The molecule has 0 spiro atoms. The number of hydrogen-bond acceptors (Lipinski definition) is 4. The lowest BCUT2D eigenvalue weighted by Crippen LogP contribution is -2.15. The van der Waals surface area contributed by atoms with Crippen molar-refractivity contribution in [2.24, 2.45) is 0 Å². The van der Waals surface area contributed by atoms with Crippen LogP contribution >= 0.6 is 11.3 Å². The molecule has 1 fully saturated rings. The van der Waals surface area contributed by atoms with Gasteiger partial charge >= 0.3 is 0 Å². The summed E-state index contributed by atoms with van der Waals surface area (Å²) >= 11 is 1.23. The molecule has 1 aliphatic carbocycles. The predicted molar refractivity (Wildman–Crippen MR) is 80.0 cm³/mol. The smallest absolute Gasteiger partial charge is 0.260 e. The number of aromatic nitrogens is 2. The molecule has 3 rings (SSSR count). The van der Waals surface area contributed by atoms with Gasteiger partial charge in [0.05, 0.1) is 5.56 Å². The molecular weight excluding hydrogens is 327 g/mol. The highest BCUT2D eigenvalue weighted by Crippen LogP contribution is 2.35. The zero-order valence-electron chi connectivity index (χ0n) is 12.1. The summed E-state index contributed by atoms with van der Waals surface area (Å²) in [7, 11) is 0. The van der Waals surface area contributed by atoms with E-state index in [9.17, 15) is 18.0 Å². The summed E-state index contributed by atoms with van der Waals surface area (Å²) in [6, 6.07) is 1.60. The molecule has 1 saturated carbocycles. The fourth-order valence-corrected chi connectivity index (χ4v) is 3.57. The van der Waals surface area contributed by atoms with Crippen LogP contribution in [0.25, 0.3) is 0 Å². The molecular formula is C15H14F3N3OS. The third-order valence-corrected chi connectivity index (χ3v) is 4.90. The van der Waals surface area contributed by atoms with Crippen LogP contribution in [0.3, 0.4) is 0 Å². The van der Waals surface area contributed by atoms with Crippen molar-refractivity contribution in [3.05, 3.63) is 40.2 Å². The number of amides is 1. The van der Waals surface area contributed by atoms with E-state index in [4.69, 9.17) is 0 Å². The molecule has 1 aromatic carbocycles. The molecule has 1 aromatic heterocycles. The fraction of sp³-hybridized carbons (Fsp3) is 0.400. The van der Waals surface area contributed by atoms with Crippen molar-refractivity contribution in [1.29, 1.82) is 0 Å². The molecule has 4 nitrogen and oxygen atoms in total. The van der Waals surface area contributed by atoms with Gasteiger partial charge in [0.25, 0.3) is 5.91 Å². The fourth-order valence-electron chi connectivity index (χ4n) is 2.67. The van der Waals surface area contributed by atoms with Crippen molar-refractivity contribution in [3.63, 3.8) is 0 Å². The first kappa shape index (κ1) is 15.9. The number of benzene rings is 1. The second kappa shape index (κ2) is 6.66. The van der Waals surface area contributed by atoms with Gasteiger partial charge in [-0.1, -0.05) is 30.6 Å². The topological polar surface area (TPSA) is 54.9 Å². The summed E-state index contributed by atoms with van der Waals surface area (Å²) in [5.74, 6) is -5.06. The second-order valence-corrected chi connectivity index (χ2v) is 6.47. The SMILES string of the molecule is O=C(Nc1nnc(C2CCCCC2)s1)c1ccc(F)c(F)c1F. The van der Waals surface area contributed by atoms with Crippen molar-refractivity contribution in [2.45, 2.75) is 38.0 Å². The van der Waals surface area contributed by atoms with Gasteiger partial charge in [0, 0.05) is 5.92 Å². The van der Waals surface area contributed by atoms with E-state index >= 15 is 0 Å². The maximum Gasteiger partial charge on any atom is 0.260 e. The van der Waals surface area contributed by atoms with Crippen LogP contribution in [-0.4, -0.2) is 16.1 Å². The van der Waals surface area contributed by atoms with E-state index in [1.165, 1.54) is 17.8 Å². The molecule has 1 aliphatic rings. The number of hydrogen-bond donors (Lipinski definition) is 1. The Morgan fingerprint density at radius 2 is 1.83 bits per heavy atom. The van der Waals surface area contributed by atoms with Crippen molar-refractivity contribution in [1.82, 2.24) is 10.2 Å². The molecule has 122 valence electrons. The van der Waals surface area contributed by atoms with E-state index < -0.39 is 28.9 Å². The molecule has 23 heavy (non-hydrogen) atoms. The molecule has 0 unspecified atom stereocenters. The lowest BCUT2D eigenvalue weighted by atomic mass is 9.90. The Balaban J connectivity index is 1.73. The number of rotatable bonds is 3. The van der Waals surface area contributed by atoms with Crippen molar-refractivity contribution < 1.29 is 18.0 Å². The predicted octanol–water partition coefficient (Wildman–Crippen LogP) is 4.26. The van der Waals surface area contributed by atoms with Crippen molar-refractivity contribution in [3.8, 4) is 0 Å². The number of nitrogens with zero attached hydrogens (tertiary/aromatic N) is 2. The number of carbonyl (C=O) groups excluding carboxylic acids is 1. The quantitative estimate of drug-likeness (QED) is 0.849. The normalized spacial score (nSPS) is 15.6. The first-order valence-corrected chi connectivity index (χ1v) is 8.16. The summed E-state index contributed by atoms with van der Waals surface area (Å²) in [6.45, 7) is 0. The van der Waals surface area contributed by atoms with E-state index in [0.29, 0.717) is 12.0 Å². The standard InChI is InChI=1S/C15H14F3N3OS/c16-10-7-6-9(11(17)12(10)18)13(22)19-15-21-20-14(23-15)8-4-2-1-3-5-8/h6-8H,1-5H2,(H,19,21,22). The van der Waals surface area contributed by atoms with Crippen LogP contribution in [0.2, 0.25) is 0 Å². The molecule has 0 atom stereocenters. The largest absolute Gasteiger partial charge is 0.296 e. The van der Waals surface area contributed by atoms with Gasteiger partial charge in [0.15, 0.2) is 17.5 Å². The summed E-state index contributed by atoms with van der Waals surface area (Å²) in [5.41, 5.74) is -0.571. The van der Waals surface area contributed by atoms with E-state index in [1.54, 1.807) is 0 Å². The highest BCUT2D eigenvalue weighted by Gasteiger charge is 2.22. The Bertz CT molecular complexity index is 729. The van der Waals surface area contributed by atoms with Crippen molar-refractivity contribution in [2.75, 3.05) is 5.32 Å². The molecule has 1 amide bonds. The van der Waals surface area contributed by atoms with Gasteiger partial charge in [-0.25, -0.2) is 13.2 Å². The van der Waals surface area contributed by atoms with Crippen LogP contribution in [0.5, 0.6) is 0 Å². The molecule has 0 aliphatic heterocycles. The van der Waals surface area contributed by atoms with Gasteiger partial charge in [0.2, 0.25) is 5.13 Å². The number of halogens is 3. The van der Waals surface area contributed by atoms with Crippen LogP contribution in [0.4, 0.5) is 18.3 Å². The molecule has 8 heteroatoms. The van der Waals surface area contributed by atoms with E-state index in [-0.39, 0.29) is 5.13 Å². The first-order chi connectivity index (χ1) is 11.1. The van der Waals surface area contributed by atoms with Gasteiger partial charge in [-0.15, -0.1) is 10.2 Å². The molecule has 0 radical (unpaired) electrons. The summed E-state index contributed by atoms with van der Waals surface area (Å²) in [5, 5.41) is 11.4. The monoisotopic (exact) mass is 341 g/mol. The lowest BCUT2D eigenvalue weighted by molar-refractivity contribution is 0.102. The van der Waals surface area contributed by atoms with Crippen LogP contribution < -0.4 is 5.32 Å². The van der Waals surface area contributed by atoms with Gasteiger partial charge in [-0.3, -0.25) is 10.1 Å². The van der Waals surface area contributed by atoms with E-state index in [0.717, 1.165) is 36.8 Å². The average molecular weight is 341 g/mol. The Kier molecular flexibility index (Phi) is 4.61. The Hall–Kier alpha value is -1.96. The number of carbonyl (C=O) groups is 1.